The van der Waals surface area contributed by atoms with Crippen molar-refractivity contribution in [1.29, 1.82) is 0 Å². The number of hydrogen-bond donors (Lipinski definition) is 0. The highest BCUT2D eigenvalue weighted by Gasteiger charge is 2.43. The maximum Gasteiger partial charge on any atom is 0.162 e. The van der Waals surface area contributed by atoms with Gasteiger partial charge in [0, 0.05) is 26.7 Å². The van der Waals surface area contributed by atoms with E-state index in [9.17, 15) is 0 Å². The van der Waals surface area contributed by atoms with Crippen LogP contribution in [0.25, 0.3) is 0 Å². The van der Waals surface area contributed by atoms with Gasteiger partial charge in [0.05, 0.1) is 6.10 Å². The normalized spacial score (nSPS) is 34.5. The van der Waals surface area contributed by atoms with Crippen molar-refractivity contribution in [3.8, 4) is 0 Å². The summed E-state index contributed by atoms with van der Waals surface area (Å²) >= 11 is 0. The van der Waals surface area contributed by atoms with Crippen LogP contribution in [0.3, 0.4) is 0 Å². The summed E-state index contributed by atoms with van der Waals surface area (Å²) in [4.78, 5) is 0. The van der Waals surface area contributed by atoms with Crippen LogP contribution in [-0.4, -0.2) is 39.5 Å². The molecule has 2 rings (SSSR count). The first-order chi connectivity index (χ1) is 9.80. The molecule has 2 fully saturated rings. The first kappa shape index (κ1) is 16.0. The molecule has 20 heavy (non-hydrogen) atoms. The fourth-order valence-electron chi connectivity index (χ4n) is 3.54. The van der Waals surface area contributed by atoms with Crippen molar-refractivity contribution in [2.24, 2.45) is 11.8 Å². The van der Waals surface area contributed by atoms with E-state index < -0.39 is 0 Å². The Labute approximate surface area is 122 Å². The van der Waals surface area contributed by atoms with Crippen molar-refractivity contribution in [3.05, 3.63) is 12.7 Å². The molecule has 0 aromatic rings. The third-order valence-corrected chi connectivity index (χ3v) is 4.51. The minimum absolute atomic E-state index is 0.0481. The number of ether oxygens (including phenoxy) is 4. The molecule has 1 aliphatic carbocycles. The van der Waals surface area contributed by atoms with Crippen LogP contribution in [0.15, 0.2) is 12.7 Å². The summed E-state index contributed by atoms with van der Waals surface area (Å²) in [6, 6.07) is 0. The summed E-state index contributed by atoms with van der Waals surface area (Å²) in [5.41, 5.74) is 0. The summed E-state index contributed by atoms with van der Waals surface area (Å²) in [7, 11) is 3.40. The van der Waals surface area contributed by atoms with E-state index in [2.05, 4.69) is 6.58 Å². The zero-order valence-corrected chi connectivity index (χ0v) is 12.8. The lowest BCUT2D eigenvalue weighted by Crippen LogP contribution is -2.39. The highest BCUT2D eigenvalue weighted by atomic mass is 16.7. The van der Waals surface area contributed by atoms with E-state index in [-0.39, 0.29) is 24.6 Å². The molecule has 2 aliphatic rings. The zero-order chi connectivity index (χ0) is 14.4. The standard InChI is InChI=1S/C16H28O4/c1-4-7-12-9-10-13(15(12)16(17-2)18-3)20-14-8-5-6-11-19-14/h4,12-16H,1,5-11H2,2-3H3/t12-,13+,14?,15+/m0/s1. The predicted molar refractivity (Wildman–Crippen MR) is 77.3 cm³/mol. The molecule has 1 aliphatic heterocycles. The van der Waals surface area contributed by atoms with E-state index in [0.29, 0.717) is 5.92 Å². The molecular formula is C16H28O4. The average molecular weight is 284 g/mol. The van der Waals surface area contributed by atoms with E-state index in [1.54, 1.807) is 14.2 Å². The summed E-state index contributed by atoms with van der Waals surface area (Å²) in [5, 5.41) is 0. The fraction of sp³-hybridized carbons (Fsp3) is 0.875. The van der Waals surface area contributed by atoms with E-state index >= 15 is 0 Å². The van der Waals surface area contributed by atoms with Gasteiger partial charge in [0.25, 0.3) is 0 Å². The van der Waals surface area contributed by atoms with Gasteiger partial charge in [0.15, 0.2) is 12.6 Å². The molecule has 0 N–H and O–H groups in total. The van der Waals surface area contributed by atoms with Gasteiger partial charge in [-0.05, 0) is 44.4 Å². The Morgan fingerprint density at radius 3 is 2.60 bits per heavy atom. The van der Waals surface area contributed by atoms with Crippen LogP contribution in [0, 0.1) is 11.8 Å². The summed E-state index contributed by atoms with van der Waals surface area (Å²) < 4.78 is 22.9. The molecular weight excluding hydrogens is 256 g/mol. The van der Waals surface area contributed by atoms with Gasteiger partial charge in [0.2, 0.25) is 0 Å². The number of methoxy groups -OCH3 is 2. The number of rotatable bonds is 7. The molecule has 0 spiro atoms. The second-order valence-electron chi connectivity index (χ2n) is 5.75. The van der Waals surface area contributed by atoms with Crippen molar-refractivity contribution in [1.82, 2.24) is 0 Å². The van der Waals surface area contributed by atoms with E-state index in [1.807, 2.05) is 6.08 Å². The summed E-state index contributed by atoms with van der Waals surface area (Å²) in [6.45, 7) is 4.68. The first-order valence-electron chi connectivity index (χ1n) is 7.73. The van der Waals surface area contributed by atoms with Gasteiger partial charge in [-0.2, -0.15) is 0 Å². The van der Waals surface area contributed by atoms with Crippen molar-refractivity contribution < 1.29 is 18.9 Å². The zero-order valence-electron chi connectivity index (χ0n) is 12.8. The van der Waals surface area contributed by atoms with Crippen LogP contribution < -0.4 is 0 Å². The Morgan fingerprint density at radius 2 is 2.00 bits per heavy atom. The van der Waals surface area contributed by atoms with Gasteiger partial charge < -0.3 is 18.9 Å². The topological polar surface area (TPSA) is 36.9 Å². The summed E-state index contributed by atoms with van der Waals surface area (Å²) in [5.74, 6) is 0.777. The molecule has 1 unspecified atom stereocenters. The van der Waals surface area contributed by atoms with Crippen LogP contribution in [0.1, 0.15) is 38.5 Å². The third-order valence-electron chi connectivity index (χ3n) is 4.51. The Hall–Kier alpha value is -0.420. The molecule has 1 saturated carbocycles. The van der Waals surface area contributed by atoms with Crippen LogP contribution in [0.4, 0.5) is 0 Å². The van der Waals surface area contributed by atoms with Crippen LogP contribution in [-0.2, 0) is 18.9 Å². The number of hydrogen-bond acceptors (Lipinski definition) is 4. The first-order valence-corrected chi connectivity index (χ1v) is 7.73. The van der Waals surface area contributed by atoms with E-state index in [1.165, 1.54) is 6.42 Å². The van der Waals surface area contributed by atoms with E-state index in [4.69, 9.17) is 18.9 Å². The molecule has 4 nitrogen and oxygen atoms in total. The quantitative estimate of drug-likeness (QED) is 0.532. The molecule has 116 valence electrons. The molecule has 0 radical (unpaired) electrons. The predicted octanol–water partition coefficient (Wildman–Crippen LogP) is 3.12. The van der Waals surface area contributed by atoms with Gasteiger partial charge in [0.1, 0.15) is 0 Å². The van der Waals surface area contributed by atoms with Gasteiger partial charge in [-0.15, -0.1) is 6.58 Å². The lowest BCUT2D eigenvalue weighted by molar-refractivity contribution is -0.227. The SMILES string of the molecule is C=CC[C@H]1CC[C@@H](OC2CCCCO2)[C@@H]1C(OC)OC. The van der Waals surface area contributed by atoms with Crippen LogP contribution >= 0.6 is 0 Å². The minimum Gasteiger partial charge on any atom is -0.356 e. The highest BCUT2D eigenvalue weighted by Crippen LogP contribution is 2.40. The molecule has 0 aromatic carbocycles. The Bertz CT molecular complexity index is 284. The van der Waals surface area contributed by atoms with Crippen LogP contribution in [0.5, 0.6) is 0 Å². The van der Waals surface area contributed by atoms with Gasteiger partial charge in [-0.3, -0.25) is 0 Å². The highest BCUT2D eigenvalue weighted by molar-refractivity contribution is 4.91. The van der Waals surface area contributed by atoms with Gasteiger partial charge >= 0.3 is 0 Å². The molecule has 0 bridgehead atoms. The smallest absolute Gasteiger partial charge is 0.162 e. The third kappa shape index (κ3) is 3.82. The lowest BCUT2D eigenvalue weighted by Gasteiger charge is -2.33. The molecule has 1 heterocycles. The van der Waals surface area contributed by atoms with Crippen molar-refractivity contribution >= 4 is 0 Å². The summed E-state index contributed by atoms with van der Waals surface area (Å²) in [6.07, 6.45) is 8.39. The molecule has 4 atom stereocenters. The van der Waals surface area contributed by atoms with Gasteiger partial charge in [-0.1, -0.05) is 6.08 Å². The lowest BCUT2D eigenvalue weighted by atomic mass is 9.91. The maximum absolute atomic E-state index is 6.21. The second-order valence-corrected chi connectivity index (χ2v) is 5.75. The largest absolute Gasteiger partial charge is 0.356 e. The van der Waals surface area contributed by atoms with Gasteiger partial charge in [-0.25, -0.2) is 0 Å². The monoisotopic (exact) mass is 284 g/mol. The molecule has 0 amide bonds. The Morgan fingerprint density at radius 1 is 1.20 bits per heavy atom. The Balaban J connectivity index is 1.99. The molecule has 0 aromatic heterocycles. The maximum atomic E-state index is 6.21. The second kappa shape index (κ2) is 8.13. The Kier molecular flexibility index (Phi) is 6.49. The van der Waals surface area contributed by atoms with Crippen molar-refractivity contribution in [2.75, 3.05) is 20.8 Å². The fourth-order valence-corrected chi connectivity index (χ4v) is 3.54. The molecule has 1 saturated heterocycles. The van der Waals surface area contributed by atoms with E-state index in [0.717, 1.165) is 38.7 Å². The number of allylic oxidation sites excluding steroid dienone is 1. The minimum atomic E-state index is -0.212. The average Bonchev–Trinajstić information content (AvgIpc) is 2.85. The van der Waals surface area contributed by atoms with Crippen LogP contribution in [0.2, 0.25) is 0 Å². The van der Waals surface area contributed by atoms with Crippen molar-refractivity contribution in [3.63, 3.8) is 0 Å². The molecule has 4 heteroatoms. The van der Waals surface area contributed by atoms with Crippen molar-refractivity contribution in [2.45, 2.75) is 57.2 Å².